The van der Waals surface area contributed by atoms with Gasteiger partial charge in [0.2, 0.25) is 8.32 Å². The summed E-state index contributed by atoms with van der Waals surface area (Å²) in [5.74, 6) is 3.16. The van der Waals surface area contributed by atoms with Crippen LogP contribution in [0, 0.1) is 5.92 Å². The molecule has 0 bridgehead atoms. The summed E-state index contributed by atoms with van der Waals surface area (Å²) >= 11 is 0. The third-order valence-electron chi connectivity index (χ3n) is 7.84. The fourth-order valence-electron chi connectivity index (χ4n) is 5.57. The lowest BCUT2D eigenvalue weighted by Crippen LogP contribution is -2.46. The van der Waals surface area contributed by atoms with Crippen LogP contribution < -0.4 is 9.16 Å². The van der Waals surface area contributed by atoms with Crippen LogP contribution in [0.3, 0.4) is 0 Å². The van der Waals surface area contributed by atoms with Gasteiger partial charge in [-0.1, -0.05) is 52.2 Å². The molecular weight excluding hydrogens is 384 g/mol. The van der Waals surface area contributed by atoms with Gasteiger partial charge in [0.15, 0.2) is 0 Å². The van der Waals surface area contributed by atoms with Crippen LogP contribution in [0.25, 0.3) is 0 Å². The SMILES string of the molecule is CCCCCc1cc2c(c(O[Si](CC)(CC)CC)c1)[C@@H]1C=C(C)CC[C@H]1C(C)(C)O2. The number of fused-ring (bicyclic) bond motifs is 3. The monoisotopic (exact) mass is 428 g/mol. The van der Waals surface area contributed by atoms with Gasteiger partial charge in [-0.25, -0.2) is 0 Å². The smallest absolute Gasteiger partial charge is 0.250 e. The summed E-state index contributed by atoms with van der Waals surface area (Å²) in [5, 5.41) is 0. The molecule has 1 aliphatic heterocycles. The summed E-state index contributed by atoms with van der Waals surface area (Å²) in [5.41, 5.74) is 4.10. The second-order valence-corrected chi connectivity index (χ2v) is 14.9. The van der Waals surface area contributed by atoms with Crippen molar-refractivity contribution in [3.8, 4) is 11.5 Å². The molecule has 0 spiro atoms. The number of aryl methyl sites for hydroxylation is 1. The van der Waals surface area contributed by atoms with E-state index >= 15 is 0 Å². The quantitative estimate of drug-likeness (QED) is 0.223. The van der Waals surface area contributed by atoms with E-state index in [-0.39, 0.29) is 5.60 Å². The Morgan fingerprint density at radius 3 is 2.40 bits per heavy atom. The number of allylic oxidation sites excluding steroid dienone is 2. The maximum Gasteiger partial charge on any atom is 0.250 e. The first-order chi connectivity index (χ1) is 14.3. The second kappa shape index (κ2) is 9.50. The minimum Gasteiger partial charge on any atom is -0.543 e. The van der Waals surface area contributed by atoms with E-state index < -0.39 is 8.32 Å². The summed E-state index contributed by atoms with van der Waals surface area (Å²) in [6, 6.07) is 8.23. The normalized spacial score (nSPS) is 22.6. The highest BCUT2D eigenvalue weighted by Gasteiger charge is 2.46. The maximum absolute atomic E-state index is 7.08. The molecule has 1 aromatic rings. The van der Waals surface area contributed by atoms with Crippen LogP contribution in [-0.4, -0.2) is 13.9 Å². The van der Waals surface area contributed by atoms with Gasteiger partial charge in [-0.3, -0.25) is 0 Å². The summed E-state index contributed by atoms with van der Waals surface area (Å²) in [7, 11) is -1.76. The molecule has 1 aromatic carbocycles. The Morgan fingerprint density at radius 2 is 1.77 bits per heavy atom. The first-order valence-electron chi connectivity index (χ1n) is 12.5. The Bertz CT molecular complexity index is 752. The molecule has 2 nitrogen and oxygen atoms in total. The molecule has 0 saturated carbocycles. The number of hydrogen-bond acceptors (Lipinski definition) is 2. The molecule has 0 unspecified atom stereocenters. The van der Waals surface area contributed by atoms with Crippen molar-refractivity contribution in [2.45, 2.75) is 117 Å². The van der Waals surface area contributed by atoms with E-state index in [2.05, 4.69) is 66.7 Å². The van der Waals surface area contributed by atoms with E-state index in [1.807, 2.05) is 0 Å². The molecule has 0 radical (unpaired) electrons. The second-order valence-electron chi connectivity index (χ2n) is 10.2. The van der Waals surface area contributed by atoms with Crippen molar-refractivity contribution in [1.82, 2.24) is 0 Å². The van der Waals surface area contributed by atoms with Crippen LogP contribution in [0.5, 0.6) is 11.5 Å². The Hall–Kier alpha value is -1.22. The lowest BCUT2D eigenvalue weighted by molar-refractivity contribution is 0.0110. The van der Waals surface area contributed by atoms with Crippen molar-refractivity contribution < 1.29 is 9.16 Å². The average Bonchev–Trinajstić information content (AvgIpc) is 2.71. The van der Waals surface area contributed by atoms with E-state index in [1.54, 1.807) is 0 Å². The van der Waals surface area contributed by atoms with Crippen LogP contribution in [0.2, 0.25) is 18.1 Å². The standard InChI is InChI=1S/C27H44O2Si/c1-8-12-13-14-21-18-24-26(25(19-21)29-30(9-2,10-3)11-4)22-17-20(5)15-16-23(22)27(6,7)28-24/h17-19,22-23H,8-16H2,1-7H3/t22-,23-/m1/s1. The zero-order chi connectivity index (χ0) is 21.9. The number of hydrogen-bond donors (Lipinski definition) is 0. The van der Waals surface area contributed by atoms with Crippen molar-refractivity contribution >= 4 is 8.32 Å². The largest absolute Gasteiger partial charge is 0.543 e. The predicted molar refractivity (Wildman–Crippen MR) is 131 cm³/mol. The first-order valence-corrected chi connectivity index (χ1v) is 15.0. The maximum atomic E-state index is 7.08. The molecule has 168 valence electrons. The topological polar surface area (TPSA) is 18.5 Å². The molecule has 30 heavy (non-hydrogen) atoms. The zero-order valence-electron chi connectivity index (χ0n) is 20.6. The number of rotatable bonds is 9. The molecule has 1 heterocycles. The van der Waals surface area contributed by atoms with Gasteiger partial charge in [0.25, 0.3) is 0 Å². The van der Waals surface area contributed by atoms with Gasteiger partial charge in [0.05, 0.1) is 0 Å². The van der Waals surface area contributed by atoms with Gasteiger partial charge in [-0.2, -0.15) is 0 Å². The van der Waals surface area contributed by atoms with Crippen LogP contribution in [0.4, 0.5) is 0 Å². The number of ether oxygens (including phenoxy) is 1. The van der Waals surface area contributed by atoms with Crippen LogP contribution in [0.15, 0.2) is 23.8 Å². The van der Waals surface area contributed by atoms with E-state index in [4.69, 9.17) is 9.16 Å². The highest BCUT2D eigenvalue weighted by Crippen LogP contribution is 2.54. The molecule has 0 aromatic heterocycles. The molecule has 3 heteroatoms. The van der Waals surface area contributed by atoms with Gasteiger partial charge >= 0.3 is 0 Å². The van der Waals surface area contributed by atoms with Gasteiger partial charge in [0.1, 0.15) is 17.1 Å². The molecular formula is C27H44O2Si. The number of benzene rings is 1. The molecule has 0 amide bonds. The Balaban J connectivity index is 2.12. The van der Waals surface area contributed by atoms with Gasteiger partial charge in [-0.15, -0.1) is 0 Å². The van der Waals surface area contributed by atoms with Gasteiger partial charge in [-0.05, 0) is 82.3 Å². The van der Waals surface area contributed by atoms with Crippen LogP contribution in [-0.2, 0) is 6.42 Å². The summed E-state index contributed by atoms with van der Waals surface area (Å²) < 4.78 is 13.8. The molecule has 0 fully saturated rings. The highest BCUT2D eigenvalue weighted by atomic mass is 28.4. The summed E-state index contributed by atoms with van der Waals surface area (Å²) in [6.45, 7) is 16.1. The Morgan fingerprint density at radius 1 is 1.07 bits per heavy atom. The van der Waals surface area contributed by atoms with Crippen molar-refractivity contribution in [1.29, 1.82) is 0 Å². The van der Waals surface area contributed by atoms with E-state index in [0.717, 1.165) is 17.9 Å². The molecule has 2 aliphatic rings. The molecule has 0 saturated heterocycles. The summed E-state index contributed by atoms with van der Waals surface area (Å²) in [4.78, 5) is 0. The average molecular weight is 429 g/mol. The molecule has 1 aliphatic carbocycles. The highest BCUT2D eigenvalue weighted by molar-refractivity contribution is 6.74. The lowest BCUT2D eigenvalue weighted by Gasteiger charge is -2.47. The van der Waals surface area contributed by atoms with E-state index in [1.165, 1.54) is 66.9 Å². The molecule has 2 atom stereocenters. The van der Waals surface area contributed by atoms with E-state index in [9.17, 15) is 0 Å². The predicted octanol–water partition coefficient (Wildman–Crippen LogP) is 8.41. The first kappa shape index (κ1) is 23.4. The van der Waals surface area contributed by atoms with E-state index in [0.29, 0.717) is 11.8 Å². The third-order valence-corrected chi connectivity index (χ3v) is 12.4. The zero-order valence-corrected chi connectivity index (χ0v) is 21.6. The van der Waals surface area contributed by atoms with Crippen molar-refractivity contribution in [2.75, 3.05) is 0 Å². The van der Waals surface area contributed by atoms with Crippen molar-refractivity contribution in [3.63, 3.8) is 0 Å². The molecule has 0 N–H and O–H groups in total. The van der Waals surface area contributed by atoms with Crippen molar-refractivity contribution in [3.05, 3.63) is 34.9 Å². The van der Waals surface area contributed by atoms with Crippen LogP contribution in [0.1, 0.15) is 97.6 Å². The Kier molecular flexibility index (Phi) is 7.43. The Labute approximate surface area is 186 Å². The molecule has 3 rings (SSSR count). The van der Waals surface area contributed by atoms with Gasteiger partial charge < -0.3 is 9.16 Å². The third kappa shape index (κ3) is 4.66. The van der Waals surface area contributed by atoms with Crippen molar-refractivity contribution in [2.24, 2.45) is 5.92 Å². The number of unbranched alkanes of at least 4 members (excludes halogenated alkanes) is 2. The lowest BCUT2D eigenvalue weighted by atomic mass is 9.68. The summed E-state index contributed by atoms with van der Waals surface area (Å²) in [6.07, 6.45) is 9.80. The fraction of sp³-hybridized carbons (Fsp3) is 0.704. The van der Waals surface area contributed by atoms with Crippen LogP contribution >= 0.6 is 0 Å². The van der Waals surface area contributed by atoms with Gasteiger partial charge in [0, 0.05) is 17.4 Å². The minimum atomic E-state index is -1.76. The fourth-order valence-corrected chi connectivity index (χ4v) is 8.14. The minimum absolute atomic E-state index is 0.136.